The van der Waals surface area contributed by atoms with E-state index in [2.05, 4.69) is 10.2 Å². The van der Waals surface area contributed by atoms with Crippen LogP contribution in [0.4, 0.5) is 11.7 Å². The quantitative estimate of drug-likeness (QED) is 0.480. The highest BCUT2D eigenvalue weighted by Gasteiger charge is 2.29. The topological polar surface area (TPSA) is 116 Å². The van der Waals surface area contributed by atoms with E-state index in [0.29, 0.717) is 29.5 Å². The lowest BCUT2D eigenvalue weighted by molar-refractivity contribution is -0.384. The molecule has 0 amide bonds. The molecule has 0 N–H and O–H groups in total. The average molecular weight is 407 g/mol. The average Bonchev–Trinajstić information content (AvgIpc) is 3.33. The molecular formula is C20H17N5O5. The van der Waals surface area contributed by atoms with E-state index in [1.807, 2.05) is 19.1 Å². The van der Waals surface area contributed by atoms with Crippen LogP contribution in [0.3, 0.4) is 0 Å². The van der Waals surface area contributed by atoms with E-state index in [4.69, 9.17) is 19.0 Å². The van der Waals surface area contributed by atoms with Crippen LogP contribution in [0, 0.1) is 17.0 Å². The smallest absolute Gasteiger partial charge is 0.339 e. The summed E-state index contributed by atoms with van der Waals surface area (Å²) in [6, 6.07) is 10.3. The molecule has 2 aromatic carbocycles. The molecule has 2 aliphatic heterocycles. The Labute approximate surface area is 170 Å². The summed E-state index contributed by atoms with van der Waals surface area (Å²) < 4.78 is 16.7. The highest BCUT2D eigenvalue weighted by atomic mass is 16.7. The molecule has 0 aliphatic carbocycles. The Morgan fingerprint density at radius 2 is 1.87 bits per heavy atom. The molecule has 152 valence electrons. The van der Waals surface area contributed by atoms with Gasteiger partial charge in [-0.2, -0.15) is 5.10 Å². The van der Waals surface area contributed by atoms with Crippen LogP contribution in [0.15, 0.2) is 45.9 Å². The zero-order valence-electron chi connectivity index (χ0n) is 16.2. The van der Waals surface area contributed by atoms with E-state index < -0.39 is 4.92 Å². The van der Waals surface area contributed by atoms with Crippen LogP contribution in [-0.4, -0.2) is 33.7 Å². The fraction of sp³-hybridized carbons (Fsp3) is 0.250. The van der Waals surface area contributed by atoms with Gasteiger partial charge in [0.1, 0.15) is 0 Å². The lowest BCUT2D eigenvalue weighted by atomic mass is 9.94. The number of rotatable bonds is 3. The van der Waals surface area contributed by atoms with Gasteiger partial charge in [0, 0.05) is 30.2 Å². The highest BCUT2D eigenvalue weighted by Crippen LogP contribution is 2.38. The first-order chi connectivity index (χ1) is 14.5. The Balaban J connectivity index is 1.68. The Morgan fingerprint density at radius 3 is 2.53 bits per heavy atom. The van der Waals surface area contributed by atoms with E-state index in [0.717, 1.165) is 16.7 Å². The fourth-order valence-corrected chi connectivity index (χ4v) is 3.60. The van der Waals surface area contributed by atoms with Gasteiger partial charge in [-0.15, -0.1) is 5.10 Å². The molecule has 0 fully saturated rings. The third-order valence-electron chi connectivity index (χ3n) is 5.06. The summed E-state index contributed by atoms with van der Waals surface area (Å²) >= 11 is 0. The van der Waals surface area contributed by atoms with Gasteiger partial charge in [0.15, 0.2) is 11.5 Å². The number of aromatic nitrogens is 2. The minimum Gasteiger partial charge on any atom is -0.454 e. The number of nitrogens with zero attached hydrogens (tertiary/aromatic N) is 5. The Kier molecular flexibility index (Phi) is 4.12. The summed E-state index contributed by atoms with van der Waals surface area (Å²) in [6.07, 6.45) is 0.646. The molecule has 1 aromatic heterocycles. The molecule has 5 rings (SSSR count). The predicted molar refractivity (Wildman–Crippen MR) is 106 cm³/mol. The standard InChI is InChI=1S/C20H17N5O5/c1-11-7-14-8-17-18(29-10-28-17)9-16(14)19(13-3-5-15(6-4-13)25(26)27)23-24(11)20-22-21-12(2)30-20/h3-6,8-9,11H,7,10H2,1-2H3/t11-/m1/s1. The van der Waals surface area contributed by atoms with Gasteiger partial charge in [-0.1, -0.05) is 5.10 Å². The van der Waals surface area contributed by atoms with Crippen LogP contribution in [-0.2, 0) is 6.42 Å². The summed E-state index contributed by atoms with van der Waals surface area (Å²) in [5.41, 5.74) is 3.23. The lowest BCUT2D eigenvalue weighted by Gasteiger charge is -2.20. The first-order valence-electron chi connectivity index (χ1n) is 9.35. The molecule has 0 saturated carbocycles. The van der Waals surface area contributed by atoms with Crippen LogP contribution < -0.4 is 14.5 Å². The molecule has 2 aliphatic rings. The molecule has 0 bridgehead atoms. The zero-order valence-corrected chi connectivity index (χ0v) is 16.2. The maximum Gasteiger partial charge on any atom is 0.339 e. The summed E-state index contributed by atoms with van der Waals surface area (Å²) in [7, 11) is 0. The number of hydrogen-bond acceptors (Lipinski definition) is 9. The molecule has 30 heavy (non-hydrogen) atoms. The van der Waals surface area contributed by atoms with Crippen molar-refractivity contribution in [2.75, 3.05) is 11.8 Å². The molecule has 3 heterocycles. The molecule has 0 saturated heterocycles. The van der Waals surface area contributed by atoms with Gasteiger partial charge in [0.25, 0.3) is 5.69 Å². The molecular weight excluding hydrogens is 390 g/mol. The first kappa shape index (κ1) is 18.1. The van der Waals surface area contributed by atoms with Crippen LogP contribution in [0.1, 0.15) is 29.5 Å². The van der Waals surface area contributed by atoms with Gasteiger partial charge in [-0.3, -0.25) is 10.1 Å². The number of hydrogen-bond donors (Lipinski definition) is 0. The molecule has 10 heteroatoms. The van der Waals surface area contributed by atoms with Gasteiger partial charge in [-0.05, 0) is 43.2 Å². The number of nitro benzene ring substituents is 1. The monoisotopic (exact) mass is 407 g/mol. The first-order valence-corrected chi connectivity index (χ1v) is 9.35. The van der Waals surface area contributed by atoms with Crippen molar-refractivity contribution in [3.8, 4) is 11.5 Å². The highest BCUT2D eigenvalue weighted by molar-refractivity contribution is 6.14. The number of nitro groups is 1. The summed E-state index contributed by atoms with van der Waals surface area (Å²) in [6.45, 7) is 3.90. The van der Waals surface area contributed by atoms with Gasteiger partial charge < -0.3 is 13.9 Å². The minimum atomic E-state index is -0.430. The number of non-ortho nitro benzene ring substituents is 1. The van der Waals surface area contributed by atoms with Crippen molar-refractivity contribution < 1.29 is 18.8 Å². The summed E-state index contributed by atoms with van der Waals surface area (Å²) in [5, 5.41) is 25.6. The van der Waals surface area contributed by atoms with Gasteiger partial charge in [0.05, 0.1) is 16.7 Å². The van der Waals surface area contributed by atoms with Crippen molar-refractivity contribution in [3.05, 3.63) is 69.1 Å². The Hall–Kier alpha value is -3.95. The van der Waals surface area contributed by atoms with Gasteiger partial charge in [-0.25, -0.2) is 5.01 Å². The van der Waals surface area contributed by atoms with Crippen molar-refractivity contribution in [1.29, 1.82) is 0 Å². The third-order valence-corrected chi connectivity index (χ3v) is 5.06. The number of fused-ring (bicyclic) bond motifs is 2. The van der Waals surface area contributed by atoms with Crippen molar-refractivity contribution >= 4 is 17.4 Å². The zero-order chi connectivity index (χ0) is 20.8. The second-order valence-corrected chi connectivity index (χ2v) is 7.12. The van der Waals surface area contributed by atoms with Crippen LogP contribution in [0.2, 0.25) is 0 Å². The van der Waals surface area contributed by atoms with Gasteiger partial charge in [0.2, 0.25) is 12.7 Å². The van der Waals surface area contributed by atoms with Crippen molar-refractivity contribution in [2.24, 2.45) is 5.10 Å². The van der Waals surface area contributed by atoms with Crippen molar-refractivity contribution in [2.45, 2.75) is 26.3 Å². The maximum absolute atomic E-state index is 11.1. The van der Waals surface area contributed by atoms with E-state index in [1.165, 1.54) is 12.1 Å². The molecule has 3 aromatic rings. The maximum atomic E-state index is 11.1. The summed E-state index contributed by atoms with van der Waals surface area (Å²) in [4.78, 5) is 10.6. The van der Waals surface area contributed by atoms with Crippen molar-refractivity contribution in [3.63, 3.8) is 0 Å². The Morgan fingerprint density at radius 1 is 1.13 bits per heavy atom. The van der Waals surface area contributed by atoms with Crippen LogP contribution >= 0.6 is 0 Å². The number of anilines is 1. The van der Waals surface area contributed by atoms with Crippen LogP contribution in [0.25, 0.3) is 0 Å². The minimum absolute atomic E-state index is 0.0108. The normalized spacial score (nSPS) is 17.3. The second-order valence-electron chi connectivity index (χ2n) is 7.12. The largest absolute Gasteiger partial charge is 0.454 e. The third kappa shape index (κ3) is 3.02. The van der Waals surface area contributed by atoms with E-state index in [1.54, 1.807) is 24.1 Å². The molecule has 10 nitrogen and oxygen atoms in total. The fourth-order valence-electron chi connectivity index (χ4n) is 3.60. The van der Waals surface area contributed by atoms with Crippen molar-refractivity contribution in [1.82, 2.24) is 10.2 Å². The number of aryl methyl sites for hydroxylation is 1. The lowest BCUT2D eigenvalue weighted by Crippen LogP contribution is -2.29. The number of hydrazone groups is 1. The SMILES string of the molecule is Cc1nnc(N2N=C(c3ccc([N+](=O)[O-])cc3)c3cc4c(cc3C[C@H]2C)OCO4)o1. The second kappa shape index (κ2) is 6.83. The Bertz CT molecular complexity index is 1170. The molecule has 1 atom stereocenters. The molecule has 0 unspecified atom stereocenters. The molecule has 0 spiro atoms. The molecule has 0 radical (unpaired) electrons. The van der Waals surface area contributed by atoms with Crippen LogP contribution in [0.5, 0.6) is 11.5 Å². The number of benzene rings is 2. The van der Waals surface area contributed by atoms with Gasteiger partial charge >= 0.3 is 6.01 Å². The van der Waals surface area contributed by atoms with E-state index >= 15 is 0 Å². The predicted octanol–water partition coefficient (Wildman–Crippen LogP) is 3.22. The summed E-state index contributed by atoms with van der Waals surface area (Å²) in [5.74, 6) is 1.76. The van der Waals surface area contributed by atoms with E-state index in [-0.39, 0.29) is 24.5 Å². The number of ether oxygens (including phenoxy) is 2. The van der Waals surface area contributed by atoms with E-state index in [9.17, 15) is 10.1 Å².